The van der Waals surface area contributed by atoms with Crippen molar-refractivity contribution in [2.24, 2.45) is 10.8 Å². The van der Waals surface area contributed by atoms with Crippen LogP contribution in [0.3, 0.4) is 0 Å². The maximum atomic E-state index is 13.2. The van der Waals surface area contributed by atoms with Crippen molar-refractivity contribution in [2.75, 3.05) is 6.54 Å². The van der Waals surface area contributed by atoms with Gasteiger partial charge in [-0.05, 0) is 54.1 Å². The molecule has 1 fully saturated rings. The third-order valence-corrected chi connectivity index (χ3v) is 7.33. The summed E-state index contributed by atoms with van der Waals surface area (Å²) in [6, 6.07) is 20.2. The molecule has 184 valence electrons. The first-order valence-electron chi connectivity index (χ1n) is 12.8. The topological polar surface area (TPSA) is 58.2 Å². The van der Waals surface area contributed by atoms with Gasteiger partial charge in [0.25, 0.3) is 0 Å². The summed E-state index contributed by atoms with van der Waals surface area (Å²) >= 11 is 0. The van der Waals surface area contributed by atoms with Crippen LogP contribution >= 0.6 is 0 Å². The molecule has 0 heterocycles. The lowest BCUT2D eigenvalue weighted by atomic mass is 9.62. The summed E-state index contributed by atoms with van der Waals surface area (Å²) in [4.78, 5) is 26.3. The number of carbonyl (C=O) groups excluding carboxylic acids is 2. The molecule has 0 radical (unpaired) electrons. The SMILES string of the molecule is CCC(C(=O)NCC1(C)CC(NC(=O)C(CC)c2ccccc2)CC(C)(C)C1)c1ccccc1. The van der Waals surface area contributed by atoms with Gasteiger partial charge in [0.15, 0.2) is 0 Å². The molecule has 0 aromatic heterocycles. The fraction of sp³-hybridized carbons (Fsp3) is 0.533. The highest BCUT2D eigenvalue weighted by Crippen LogP contribution is 2.46. The van der Waals surface area contributed by atoms with Crippen molar-refractivity contribution in [3.05, 3.63) is 71.8 Å². The Morgan fingerprint density at radius 1 is 0.824 bits per heavy atom. The zero-order valence-electron chi connectivity index (χ0n) is 21.6. The van der Waals surface area contributed by atoms with Crippen molar-refractivity contribution in [3.8, 4) is 0 Å². The van der Waals surface area contributed by atoms with Gasteiger partial charge in [-0.3, -0.25) is 9.59 Å². The van der Waals surface area contributed by atoms with E-state index in [1.807, 2.05) is 60.7 Å². The van der Waals surface area contributed by atoms with Gasteiger partial charge in [-0.2, -0.15) is 0 Å². The van der Waals surface area contributed by atoms with Gasteiger partial charge in [0, 0.05) is 12.6 Å². The van der Waals surface area contributed by atoms with Crippen LogP contribution in [-0.2, 0) is 9.59 Å². The summed E-state index contributed by atoms with van der Waals surface area (Å²) in [7, 11) is 0. The lowest BCUT2D eigenvalue weighted by Crippen LogP contribution is -2.51. The number of benzene rings is 2. The molecule has 2 N–H and O–H groups in total. The Morgan fingerprint density at radius 2 is 1.32 bits per heavy atom. The molecule has 1 aliphatic carbocycles. The van der Waals surface area contributed by atoms with E-state index in [9.17, 15) is 9.59 Å². The lowest BCUT2D eigenvalue weighted by Gasteiger charge is -2.47. The average molecular weight is 463 g/mol. The monoisotopic (exact) mass is 462 g/mol. The minimum Gasteiger partial charge on any atom is -0.355 e. The van der Waals surface area contributed by atoms with Crippen LogP contribution in [0.2, 0.25) is 0 Å². The van der Waals surface area contributed by atoms with E-state index < -0.39 is 0 Å². The number of rotatable bonds is 9. The van der Waals surface area contributed by atoms with Crippen LogP contribution in [0.5, 0.6) is 0 Å². The van der Waals surface area contributed by atoms with Gasteiger partial charge < -0.3 is 10.6 Å². The van der Waals surface area contributed by atoms with Gasteiger partial charge in [-0.1, -0.05) is 95.3 Å². The quantitative estimate of drug-likeness (QED) is 0.467. The van der Waals surface area contributed by atoms with Gasteiger partial charge in [-0.15, -0.1) is 0 Å². The first-order chi connectivity index (χ1) is 16.2. The second kappa shape index (κ2) is 11.2. The van der Waals surface area contributed by atoms with Gasteiger partial charge in [0.05, 0.1) is 11.8 Å². The predicted molar refractivity (Wildman–Crippen MR) is 140 cm³/mol. The summed E-state index contributed by atoms with van der Waals surface area (Å²) in [5, 5.41) is 6.64. The summed E-state index contributed by atoms with van der Waals surface area (Å²) in [5.74, 6) is -0.0617. The number of hydrogen-bond acceptors (Lipinski definition) is 2. The van der Waals surface area contributed by atoms with Crippen LogP contribution in [-0.4, -0.2) is 24.4 Å². The molecule has 4 unspecified atom stereocenters. The highest BCUT2D eigenvalue weighted by molar-refractivity contribution is 5.84. The fourth-order valence-corrected chi connectivity index (χ4v) is 6.11. The molecular weight excluding hydrogens is 420 g/mol. The first-order valence-corrected chi connectivity index (χ1v) is 12.8. The maximum absolute atomic E-state index is 13.2. The summed E-state index contributed by atoms with van der Waals surface area (Å²) < 4.78 is 0. The Hall–Kier alpha value is -2.62. The van der Waals surface area contributed by atoms with E-state index in [1.165, 1.54) is 0 Å². The van der Waals surface area contributed by atoms with Crippen molar-refractivity contribution < 1.29 is 9.59 Å². The molecule has 1 aliphatic rings. The third-order valence-electron chi connectivity index (χ3n) is 7.33. The molecule has 0 bridgehead atoms. The van der Waals surface area contributed by atoms with Crippen molar-refractivity contribution in [1.82, 2.24) is 10.6 Å². The summed E-state index contributed by atoms with van der Waals surface area (Å²) in [6.07, 6.45) is 4.39. The van der Waals surface area contributed by atoms with Crippen molar-refractivity contribution in [1.29, 1.82) is 0 Å². The molecule has 2 aromatic rings. The van der Waals surface area contributed by atoms with E-state index in [0.29, 0.717) is 6.54 Å². The molecule has 0 spiro atoms. The standard InChI is InChI=1S/C30H42N2O2/c1-6-25(22-14-10-8-11-15-22)27(33)31-21-30(5)19-24(18-29(3,4)20-30)32-28(34)26(7-2)23-16-12-9-13-17-23/h8-17,24-26H,6-7,18-21H2,1-5H3,(H,31,33)(H,32,34). The largest absolute Gasteiger partial charge is 0.355 e. The highest BCUT2D eigenvalue weighted by atomic mass is 16.2. The fourth-order valence-electron chi connectivity index (χ4n) is 6.11. The molecule has 1 saturated carbocycles. The number of nitrogens with one attached hydrogen (secondary N) is 2. The second-order valence-electron chi connectivity index (χ2n) is 11.2. The normalized spacial score (nSPS) is 23.5. The molecule has 0 aliphatic heterocycles. The Bertz CT molecular complexity index is 941. The van der Waals surface area contributed by atoms with Crippen LogP contribution in [0.15, 0.2) is 60.7 Å². The molecule has 3 rings (SSSR count). The van der Waals surface area contributed by atoms with Crippen LogP contribution < -0.4 is 10.6 Å². The average Bonchev–Trinajstić information content (AvgIpc) is 2.79. The maximum Gasteiger partial charge on any atom is 0.227 e. The van der Waals surface area contributed by atoms with Gasteiger partial charge in [0.2, 0.25) is 11.8 Å². The molecule has 2 amide bonds. The van der Waals surface area contributed by atoms with Gasteiger partial charge in [0.1, 0.15) is 0 Å². The van der Waals surface area contributed by atoms with E-state index >= 15 is 0 Å². The number of carbonyl (C=O) groups is 2. The smallest absolute Gasteiger partial charge is 0.227 e. The molecule has 2 aromatic carbocycles. The van der Waals surface area contributed by atoms with Crippen molar-refractivity contribution in [3.63, 3.8) is 0 Å². The molecular formula is C30H42N2O2. The highest BCUT2D eigenvalue weighted by Gasteiger charge is 2.42. The minimum atomic E-state index is -0.131. The predicted octanol–water partition coefficient (Wildman–Crippen LogP) is 6.19. The van der Waals surface area contributed by atoms with E-state index in [-0.39, 0.29) is 40.5 Å². The van der Waals surface area contributed by atoms with E-state index in [4.69, 9.17) is 0 Å². The number of hydrogen-bond donors (Lipinski definition) is 2. The van der Waals surface area contributed by atoms with Crippen LogP contribution in [0.4, 0.5) is 0 Å². The van der Waals surface area contributed by atoms with Gasteiger partial charge >= 0.3 is 0 Å². The zero-order valence-corrected chi connectivity index (χ0v) is 21.6. The van der Waals surface area contributed by atoms with Crippen molar-refractivity contribution in [2.45, 2.75) is 84.6 Å². The minimum absolute atomic E-state index is 0.0706. The summed E-state index contributed by atoms with van der Waals surface area (Å²) in [6.45, 7) is 11.6. The van der Waals surface area contributed by atoms with Crippen LogP contribution in [0.1, 0.15) is 89.7 Å². The van der Waals surface area contributed by atoms with Crippen LogP contribution in [0.25, 0.3) is 0 Å². The Labute approximate surface area is 205 Å². The Morgan fingerprint density at radius 3 is 1.82 bits per heavy atom. The zero-order chi connectivity index (χ0) is 24.8. The molecule has 4 heteroatoms. The molecule has 34 heavy (non-hydrogen) atoms. The van der Waals surface area contributed by atoms with E-state index in [1.54, 1.807) is 0 Å². The van der Waals surface area contributed by atoms with Crippen LogP contribution in [0, 0.1) is 10.8 Å². The molecule has 4 atom stereocenters. The lowest BCUT2D eigenvalue weighted by molar-refractivity contribution is -0.125. The third kappa shape index (κ3) is 6.71. The van der Waals surface area contributed by atoms with Crippen molar-refractivity contribution >= 4 is 11.8 Å². The number of amides is 2. The molecule has 0 saturated heterocycles. The Balaban J connectivity index is 1.66. The first kappa shape index (κ1) is 26.0. The molecule has 4 nitrogen and oxygen atoms in total. The summed E-state index contributed by atoms with van der Waals surface area (Å²) in [5.41, 5.74) is 2.15. The van der Waals surface area contributed by atoms with Gasteiger partial charge in [-0.25, -0.2) is 0 Å². The Kier molecular flexibility index (Phi) is 8.57. The van der Waals surface area contributed by atoms with E-state index in [2.05, 4.69) is 45.3 Å². The van der Waals surface area contributed by atoms with E-state index in [0.717, 1.165) is 43.2 Å². The second-order valence-corrected chi connectivity index (χ2v) is 11.2.